The third-order valence-electron chi connectivity index (χ3n) is 5.64. The molecule has 1 aromatic heterocycles. The standard InChI is InChI=1S/C22H23FN6O3/c1-15-21(25-26-28(15)19-3-2-4-20(13-19)29(31)32)22(30)24-18-9-11-27(12-10-18)14-16-5-7-17(23)8-6-16/h2-8,13,18H,9-12,14H2,1H3,(H,24,30). The van der Waals surface area contributed by atoms with Crippen molar-refractivity contribution >= 4 is 11.6 Å². The maximum atomic E-state index is 13.1. The molecule has 9 nitrogen and oxygen atoms in total. The zero-order chi connectivity index (χ0) is 22.7. The highest BCUT2D eigenvalue weighted by atomic mass is 19.1. The van der Waals surface area contributed by atoms with Crippen LogP contribution in [0.1, 0.15) is 34.6 Å². The number of nitrogens with zero attached hydrogens (tertiary/aromatic N) is 5. The van der Waals surface area contributed by atoms with Crippen molar-refractivity contribution in [3.63, 3.8) is 0 Å². The Kier molecular flexibility index (Phi) is 6.22. The van der Waals surface area contributed by atoms with Gasteiger partial charge >= 0.3 is 0 Å². The number of carbonyl (C=O) groups excluding carboxylic acids is 1. The fourth-order valence-electron chi connectivity index (χ4n) is 3.86. The van der Waals surface area contributed by atoms with E-state index in [9.17, 15) is 19.3 Å². The van der Waals surface area contributed by atoms with Gasteiger partial charge in [-0.3, -0.25) is 19.8 Å². The minimum absolute atomic E-state index is 0.0225. The van der Waals surface area contributed by atoms with E-state index in [-0.39, 0.29) is 29.1 Å². The van der Waals surface area contributed by atoms with Gasteiger partial charge in [-0.15, -0.1) is 5.10 Å². The number of hydrogen-bond donors (Lipinski definition) is 1. The molecule has 2 aromatic carbocycles. The lowest BCUT2D eigenvalue weighted by Crippen LogP contribution is -2.44. The van der Waals surface area contributed by atoms with Crippen LogP contribution in [0.15, 0.2) is 48.5 Å². The van der Waals surface area contributed by atoms with Gasteiger partial charge in [-0.1, -0.05) is 23.4 Å². The zero-order valence-electron chi connectivity index (χ0n) is 17.6. The third kappa shape index (κ3) is 4.80. The Bertz CT molecular complexity index is 1120. The first-order valence-electron chi connectivity index (χ1n) is 10.4. The monoisotopic (exact) mass is 438 g/mol. The van der Waals surface area contributed by atoms with Gasteiger partial charge in [-0.25, -0.2) is 9.07 Å². The molecule has 0 atom stereocenters. The molecule has 166 valence electrons. The van der Waals surface area contributed by atoms with E-state index < -0.39 is 4.92 Å². The lowest BCUT2D eigenvalue weighted by atomic mass is 10.0. The van der Waals surface area contributed by atoms with Gasteiger partial charge < -0.3 is 5.32 Å². The Hall–Kier alpha value is -3.66. The highest BCUT2D eigenvalue weighted by molar-refractivity contribution is 5.93. The molecule has 0 saturated carbocycles. The lowest BCUT2D eigenvalue weighted by Gasteiger charge is -2.32. The van der Waals surface area contributed by atoms with E-state index in [0.717, 1.165) is 38.0 Å². The Balaban J connectivity index is 1.35. The number of piperidine rings is 1. The molecule has 0 unspecified atom stereocenters. The van der Waals surface area contributed by atoms with E-state index in [4.69, 9.17) is 0 Å². The molecule has 1 fully saturated rings. The molecule has 2 heterocycles. The molecule has 3 aromatic rings. The first-order chi connectivity index (χ1) is 15.4. The number of aromatic nitrogens is 3. The molecular formula is C22H23FN6O3. The smallest absolute Gasteiger partial charge is 0.273 e. The van der Waals surface area contributed by atoms with Crippen molar-refractivity contribution in [2.75, 3.05) is 13.1 Å². The molecular weight excluding hydrogens is 415 g/mol. The summed E-state index contributed by atoms with van der Waals surface area (Å²) >= 11 is 0. The van der Waals surface area contributed by atoms with Crippen LogP contribution in [0.3, 0.4) is 0 Å². The molecule has 1 saturated heterocycles. The number of nitro benzene ring substituents is 1. The third-order valence-corrected chi connectivity index (χ3v) is 5.64. The molecule has 32 heavy (non-hydrogen) atoms. The molecule has 0 bridgehead atoms. The van der Waals surface area contributed by atoms with Crippen molar-refractivity contribution < 1.29 is 14.1 Å². The first kappa shape index (κ1) is 21.6. The van der Waals surface area contributed by atoms with Crippen molar-refractivity contribution in [3.05, 3.63) is 81.4 Å². The topological polar surface area (TPSA) is 106 Å². The summed E-state index contributed by atoms with van der Waals surface area (Å²) < 4.78 is 14.5. The van der Waals surface area contributed by atoms with Crippen molar-refractivity contribution in [2.45, 2.75) is 32.4 Å². The summed E-state index contributed by atoms with van der Waals surface area (Å²) in [6.45, 7) is 4.10. The van der Waals surface area contributed by atoms with Crippen molar-refractivity contribution in [1.29, 1.82) is 0 Å². The van der Waals surface area contributed by atoms with Gasteiger partial charge in [0.25, 0.3) is 11.6 Å². The minimum atomic E-state index is -0.480. The SMILES string of the molecule is Cc1c(C(=O)NC2CCN(Cc3ccc(F)cc3)CC2)nnn1-c1cccc([N+](=O)[O-])c1. The number of halogens is 1. The summed E-state index contributed by atoms with van der Waals surface area (Å²) in [4.78, 5) is 25.6. The Morgan fingerprint density at radius 2 is 1.94 bits per heavy atom. The van der Waals surface area contributed by atoms with E-state index >= 15 is 0 Å². The highest BCUT2D eigenvalue weighted by Gasteiger charge is 2.24. The number of hydrogen-bond acceptors (Lipinski definition) is 6. The van der Waals surface area contributed by atoms with Crippen LogP contribution in [0.5, 0.6) is 0 Å². The summed E-state index contributed by atoms with van der Waals surface area (Å²) in [6.07, 6.45) is 1.59. The van der Waals surface area contributed by atoms with Gasteiger partial charge in [0, 0.05) is 37.8 Å². The van der Waals surface area contributed by atoms with Crippen LogP contribution in [-0.4, -0.2) is 49.9 Å². The van der Waals surface area contributed by atoms with Crippen molar-refractivity contribution in [2.24, 2.45) is 0 Å². The number of rotatable bonds is 6. The van der Waals surface area contributed by atoms with Crippen molar-refractivity contribution in [1.82, 2.24) is 25.2 Å². The maximum Gasteiger partial charge on any atom is 0.273 e. The van der Waals surface area contributed by atoms with E-state index in [2.05, 4.69) is 20.5 Å². The molecule has 1 N–H and O–H groups in total. The number of nitro groups is 1. The number of nitrogens with one attached hydrogen (secondary N) is 1. The van der Waals surface area contributed by atoms with Gasteiger partial charge in [-0.05, 0) is 43.5 Å². The molecule has 1 amide bonds. The summed E-state index contributed by atoms with van der Waals surface area (Å²) in [7, 11) is 0. The number of carbonyl (C=O) groups is 1. The second-order valence-corrected chi connectivity index (χ2v) is 7.86. The lowest BCUT2D eigenvalue weighted by molar-refractivity contribution is -0.384. The van der Waals surface area contributed by atoms with E-state index in [1.165, 1.54) is 28.9 Å². The average Bonchev–Trinajstić information content (AvgIpc) is 3.18. The molecule has 0 radical (unpaired) electrons. The molecule has 10 heteroatoms. The number of amides is 1. The Morgan fingerprint density at radius 3 is 2.62 bits per heavy atom. The zero-order valence-corrected chi connectivity index (χ0v) is 17.6. The van der Waals surface area contributed by atoms with Crippen molar-refractivity contribution in [3.8, 4) is 5.69 Å². The van der Waals surface area contributed by atoms with E-state index in [1.54, 1.807) is 31.2 Å². The summed E-state index contributed by atoms with van der Waals surface area (Å²) in [5, 5.41) is 22.1. The molecule has 4 rings (SSSR count). The molecule has 0 aliphatic carbocycles. The summed E-state index contributed by atoms with van der Waals surface area (Å²) in [6, 6.07) is 12.5. The van der Waals surface area contributed by atoms with Gasteiger partial charge in [0.2, 0.25) is 0 Å². The van der Waals surface area contributed by atoms with Crippen LogP contribution in [0.25, 0.3) is 5.69 Å². The predicted octanol–water partition coefficient (Wildman–Crippen LogP) is 3.02. The van der Waals surface area contributed by atoms with Crippen LogP contribution < -0.4 is 5.32 Å². The van der Waals surface area contributed by atoms with Crippen LogP contribution in [0.2, 0.25) is 0 Å². The minimum Gasteiger partial charge on any atom is -0.348 e. The fraction of sp³-hybridized carbons (Fsp3) is 0.318. The number of likely N-dealkylation sites (tertiary alicyclic amines) is 1. The molecule has 1 aliphatic rings. The highest BCUT2D eigenvalue weighted by Crippen LogP contribution is 2.19. The van der Waals surface area contributed by atoms with Gasteiger partial charge in [0.1, 0.15) is 5.82 Å². The van der Waals surface area contributed by atoms with Gasteiger partial charge in [0.05, 0.1) is 16.3 Å². The van der Waals surface area contributed by atoms with E-state index in [0.29, 0.717) is 11.4 Å². The first-order valence-corrected chi connectivity index (χ1v) is 10.4. The molecule has 1 aliphatic heterocycles. The largest absolute Gasteiger partial charge is 0.348 e. The Labute approximate surface area is 184 Å². The van der Waals surface area contributed by atoms with Crippen LogP contribution in [0, 0.1) is 22.9 Å². The summed E-state index contributed by atoms with van der Waals surface area (Å²) in [5.74, 6) is -0.552. The van der Waals surface area contributed by atoms with E-state index in [1.807, 2.05) is 0 Å². The fourth-order valence-corrected chi connectivity index (χ4v) is 3.86. The Morgan fingerprint density at radius 1 is 1.22 bits per heavy atom. The quantitative estimate of drug-likeness (QED) is 0.468. The van der Waals surface area contributed by atoms with Gasteiger partial charge in [-0.2, -0.15) is 0 Å². The maximum absolute atomic E-state index is 13.1. The van der Waals surface area contributed by atoms with Crippen LogP contribution in [0.4, 0.5) is 10.1 Å². The predicted molar refractivity (Wildman–Crippen MR) is 115 cm³/mol. The van der Waals surface area contributed by atoms with Crippen LogP contribution in [-0.2, 0) is 6.54 Å². The van der Waals surface area contributed by atoms with Gasteiger partial charge in [0.15, 0.2) is 5.69 Å². The second kappa shape index (κ2) is 9.23. The average molecular weight is 438 g/mol. The number of benzene rings is 2. The second-order valence-electron chi connectivity index (χ2n) is 7.86. The number of non-ortho nitro benzene ring substituents is 1. The molecule has 0 spiro atoms. The normalized spacial score (nSPS) is 14.9. The summed E-state index contributed by atoms with van der Waals surface area (Å²) in [5.41, 5.74) is 2.18. The van der Waals surface area contributed by atoms with Crippen LogP contribution >= 0.6 is 0 Å².